The molecule has 3 rings (SSSR count). The van der Waals surface area contributed by atoms with E-state index in [2.05, 4.69) is 5.10 Å². The molecule has 2 heterocycles. The molecule has 6 heteroatoms. The minimum Gasteiger partial charge on any atom is -0.298 e. The molecule has 1 fully saturated rings. The third-order valence-electron chi connectivity index (χ3n) is 3.50. The van der Waals surface area contributed by atoms with Gasteiger partial charge in [0.2, 0.25) is 0 Å². The van der Waals surface area contributed by atoms with Crippen LogP contribution in [0.5, 0.6) is 0 Å². The average Bonchev–Trinajstić information content (AvgIpc) is 3.07. The van der Waals surface area contributed by atoms with E-state index in [1.165, 1.54) is 24.2 Å². The number of carbonyl (C=O) groups excluding carboxylic acids is 1. The number of aromatic nitrogens is 2. The van der Waals surface area contributed by atoms with Gasteiger partial charge in [0.1, 0.15) is 10.0 Å². The summed E-state index contributed by atoms with van der Waals surface area (Å²) in [5, 5.41) is 4.56. The molecule has 2 aromatic heterocycles. The second kappa shape index (κ2) is 5.27. The van der Waals surface area contributed by atoms with Crippen LogP contribution in [0.3, 0.4) is 0 Å². The maximum Gasteiger partial charge on any atom is 0.153 e. The van der Waals surface area contributed by atoms with Crippen molar-refractivity contribution in [3.8, 4) is 11.3 Å². The summed E-state index contributed by atoms with van der Waals surface area (Å²) in [5.74, 6) is 0. The van der Waals surface area contributed by atoms with Gasteiger partial charge in [0.05, 0.1) is 15.9 Å². The van der Waals surface area contributed by atoms with Crippen LogP contribution in [0.2, 0.25) is 8.67 Å². The van der Waals surface area contributed by atoms with E-state index in [-0.39, 0.29) is 0 Å². The van der Waals surface area contributed by atoms with Crippen LogP contribution in [0, 0.1) is 0 Å². The van der Waals surface area contributed by atoms with Crippen molar-refractivity contribution < 1.29 is 4.79 Å². The van der Waals surface area contributed by atoms with Gasteiger partial charge in [0, 0.05) is 11.8 Å². The molecular formula is C13H12Cl2N2OS. The van der Waals surface area contributed by atoms with Crippen LogP contribution in [-0.2, 0) is 0 Å². The fourth-order valence-corrected chi connectivity index (χ4v) is 4.02. The quantitative estimate of drug-likeness (QED) is 0.759. The molecule has 0 saturated heterocycles. The van der Waals surface area contributed by atoms with Crippen molar-refractivity contribution in [1.82, 2.24) is 9.78 Å². The van der Waals surface area contributed by atoms with Crippen molar-refractivity contribution in [2.24, 2.45) is 0 Å². The molecule has 0 N–H and O–H groups in total. The summed E-state index contributed by atoms with van der Waals surface area (Å²) in [6.07, 6.45) is 7.34. The Morgan fingerprint density at radius 2 is 2.11 bits per heavy atom. The van der Waals surface area contributed by atoms with Crippen LogP contribution in [-0.4, -0.2) is 16.1 Å². The lowest BCUT2D eigenvalue weighted by Crippen LogP contribution is -2.04. The van der Waals surface area contributed by atoms with Crippen molar-refractivity contribution in [2.75, 3.05) is 0 Å². The lowest BCUT2D eigenvalue weighted by Gasteiger charge is -2.08. The smallest absolute Gasteiger partial charge is 0.153 e. The molecule has 3 nitrogen and oxygen atoms in total. The van der Waals surface area contributed by atoms with Gasteiger partial charge >= 0.3 is 0 Å². The second-order valence-electron chi connectivity index (χ2n) is 4.71. The number of nitrogens with zero attached hydrogens (tertiary/aromatic N) is 2. The van der Waals surface area contributed by atoms with E-state index in [0.717, 1.165) is 24.7 Å². The maximum atomic E-state index is 11.2. The third-order valence-corrected chi connectivity index (χ3v) is 4.99. The van der Waals surface area contributed by atoms with E-state index in [4.69, 9.17) is 23.2 Å². The van der Waals surface area contributed by atoms with Crippen LogP contribution < -0.4 is 0 Å². The Labute approximate surface area is 125 Å². The van der Waals surface area contributed by atoms with Gasteiger partial charge < -0.3 is 0 Å². The van der Waals surface area contributed by atoms with E-state index in [0.29, 0.717) is 26.0 Å². The first-order valence-corrected chi connectivity index (χ1v) is 7.76. The highest BCUT2D eigenvalue weighted by Crippen LogP contribution is 2.39. The first-order chi connectivity index (χ1) is 9.19. The van der Waals surface area contributed by atoms with E-state index >= 15 is 0 Å². The fourth-order valence-electron chi connectivity index (χ4n) is 2.56. The molecule has 0 spiro atoms. The van der Waals surface area contributed by atoms with Crippen molar-refractivity contribution >= 4 is 40.8 Å². The van der Waals surface area contributed by atoms with Crippen molar-refractivity contribution in [3.63, 3.8) is 0 Å². The van der Waals surface area contributed by atoms with E-state index in [1.54, 1.807) is 6.07 Å². The first kappa shape index (κ1) is 13.2. The molecule has 100 valence electrons. The van der Waals surface area contributed by atoms with Gasteiger partial charge in [-0.25, -0.2) is 0 Å². The predicted molar refractivity (Wildman–Crippen MR) is 78.5 cm³/mol. The van der Waals surface area contributed by atoms with Gasteiger partial charge in [0.25, 0.3) is 0 Å². The van der Waals surface area contributed by atoms with Crippen molar-refractivity contribution in [2.45, 2.75) is 31.7 Å². The van der Waals surface area contributed by atoms with Gasteiger partial charge in [-0.1, -0.05) is 36.0 Å². The Hall–Kier alpha value is -0.840. The van der Waals surface area contributed by atoms with E-state index in [9.17, 15) is 4.79 Å². The van der Waals surface area contributed by atoms with E-state index in [1.807, 2.05) is 10.9 Å². The van der Waals surface area contributed by atoms with Gasteiger partial charge in [-0.2, -0.15) is 5.10 Å². The van der Waals surface area contributed by atoms with Crippen molar-refractivity contribution in [3.05, 3.63) is 26.5 Å². The summed E-state index contributed by atoms with van der Waals surface area (Å²) in [7, 11) is 0. The predicted octanol–water partition coefficient (Wildman–Crippen LogP) is 4.85. The van der Waals surface area contributed by atoms with Crippen LogP contribution in [0.15, 0.2) is 12.3 Å². The number of thiophene rings is 1. The second-order valence-corrected chi connectivity index (χ2v) is 6.99. The zero-order chi connectivity index (χ0) is 13.4. The summed E-state index contributed by atoms with van der Waals surface area (Å²) in [6, 6.07) is 2.17. The Morgan fingerprint density at radius 1 is 1.37 bits per heavy atom. The highest BCUT2D eigenvalue weighted by Gasteiger charge is 2.22. The average molecular weight is 315 g/mol. The summed E-state index contributed by atoms with van der Waals surface area (Å²) in [5.41, 5.74) is 1.95. The summed E-state index contributed by atoms with van der Waals surface area (Å²) >= 11 is 13.4. The topological polar surface area (TPSA) is 34.9 Å². The first-order valence-electron chi connectivity index (χ1n) is 6.18. The summed E-state index contributed by atoms with van der Waals surface area (Å²) in [6.45, 7) is 0. The molecule has 0 aromatic carbocycles. The number of carbonyl (C=O) groups is 1. The van der Waals surface area contributed by atoms with E-state index < -0.39 is 0 Å². The summed E-state index contributed by atoms with van der Waals surface area (Å²) < 4.78 is 3.09. The molecule has 0 bridgehead atoms. The minimum absolute atomic E-state index is 0.403. The van der Waals surface area contributed by atoms with Crippen molar-refractivity contribution in [1.29, 1.82) is 0 Å². The number of aldehydes is 1. The lowest BCUT2D eigenvalue weighted by atomic mass is 10.2. The molecule has 0 atom stereocenters. The zero-order valence-electron chi connectivity index (χ0n) is 10.1. The Kier molecular flexibility index (Phi) is 3.65. The largest absolute Gasteiger partial charge is 0.298 e. The van der Waals surface area contributed by atoms with Crippen LogP contribution >= 0.6 is 34.5 Å². The molecule has 1 aliphatic carbocycles. The molecule has 0 unspecified atom stereocenters. The monoisotopic (exact) mass is 314 g/mol. The molecule has 0 amide bonds. The maximum absolute atomic E-state index is 11.2. The Bertz CT molecular complexity index is 614. The highest BCUT2D eigenvalue weighted by molar-refractivity contribution is 7.20. The molecule has 1 saturated carbocycles. The standard InChI is InChI=1S/C13H12Cl2N2OS/c14-11-5-10(13(15)19-11)12-8(7-18)6-17(16-12)9-3-1-2-4-9/h5-7,9H,1-4H2. The van der Waals surface area contributed by atoms with Crippen LogP contribution in [0.1, 0.15) is 42.1 Å². The van der Waals surface area contributed by atoms with Gasteiger partial charge in [-0.05, 0) is 18.9 Å². The normalized spacial score (nSPS) is 16.1. The highest BCUT2D eigenvalue weighted by atomic mass is 35.5. The third kappa shape index (κ3) is 2.45. The molecule has 0 aliphatic heterocycles. The number of rotatable bonds is 3. The SMILES string of the molecule is O=Cc1cn(C2CCCC2)nc1-c1cc(Cl)sc1Cl. The molecule has 1 aliphatic rings. The molecule has 19 heavy (non-hydrogen) atoms. The van der Waals surface area contributed by atoms with Crippen LogP contribution in [0.4, 0.5) is 0 Å². The minimum atomic E-state index is 0.403. The Balaban J connectivity index is 2.05. The lowest BCUT2D eigenvalue weighted by molar-refractivity contribution is 0.112. The van der Waals surface area contributed by atoms with Gasteiger partial charge in [0.15, 0.2) is 6.29 Å². The fraction of sp³-hybridized carbons (Fsp3) is 0.385. The summed E-state index contributed by atoms with van der Waals surface area (Å²) in [4.78, 5) is 11.2. The van der Waals surface area contributed by atoms with Gasteiger partial charge in [-0.3, -0.25) is 9.48 Å². The molecule has 0 radical (unpaired) electrons. The Morgan fingerprint density at radius 3 is 2.68 bits per heavy atom. The number of hydrogen-bond donors (Lipinski definition) is 0. The zero-order valence-corrected chi connectivity index (χ0v) is 12.4. The molecular weight excluding hydrogens is 303 g/mol. The van der Waals surface area contributed by atoms with Gasteiger partial charge in [-0.15, -0.1) is 11.3 Å². The molecule has 2 aromatic rings. The number of halogens is 2. The number of hydrogen-bond acceptors (Lipinski definition) is 3. The van der Waals surface area contributed by atoms with Crippen LogP contribution in [0.25, 0.3) is 11.3 Å².